The van der Waals surface area contributed by atoms with Crippen LogP contribution in [0.4, 0.5) is 0 Å². The summed E-state index contributed by atoms with van der Waals surface area (Å²) in [6.45, 7) is 7.80. The summed E-state index contributed by atoms with van der Waals surface area (Å²) < 4.78 is 5.49. The molecule has 0 spiro atoms. The van der Waals surface area contributed by atoms with E-state index in [2.05, 4.69) is 5.32 Å². The van der Waals surface area contributed by atoms with Gasteiger partial charge in [-0.1, -0.05) is 0 Å². The maximum absolute atomic E-state index is 12.0. The molecule has 2 N–H and O–H groups in total. The molecule has 1 atom stereocenters. The van der Waals surface area contributed by atoms with Gasteiger partial charge in [-0.2, -0.15) is 11.3 Å². The number of carboxylic acid groups (broad SMARTS) is 1. The number of thiophene rings is 1. The third-order valence-electron chi connectivity index (χ3n) is 2.65. The Bertz CT molecular complexity index is 476. The molecule has 1 amide bonds. The van der Waals surface area contributed by atoms with Gasteiger partial charge in [-0.3, -0.25) is 4.79 Å². The lowest BCUT2D eigenvalue weighted by Gasteiger charge is -2.21. The van der Waals surface area contributed by atoms with Crippen molar-refractivity contribution in [2.24, 2.45) is 0 Å². The summed E-state index contributed by atoms with van der Waals surface area (Å²) in [5.41, 5.74) is 1.05. The first kappa shape index (κ1) is 16.7. The minimum absolute atomic E-state index is 0.238. The van der Waals surface area contributed by atoms with Gasteiger partial charge in [0.25, 0.3) is 5.91 Å². The first-order chi connectivity index (χ1) is 9.20. The molecule has 0 aromatic carbocycles. The number of rotatable bonds is 6. The van der Waals surface area contributed by atoms with Crippen molar-refractivity contribution < 1.29 is 19.4 Å². The molecule has 112 valence electrons. The van der Waals surface area contributed by atoms with E-state index >= 15 is 0 Å². The number of ether oxygens (including phenoxy) is 1. The second kappa shape index (κ2) is 6.85. The molecule has 0 bridgehead atoms. The second-order valence-corrected chi connectivity index (χ2v) is 6.33. The molecule has 0 aliphatic carbocycles. The molecule has 0 saturated heterocycles. The van der Waals surface area contributed by atoms with Crippen molar-refractivity contribution in [1.82, 2.24) is 5.32 Å². The average molecular weight is 299 g/mol. The van der Waals surface area contributed by atoms with Gasteiger partial charge in [0, 0.05) is 18.4 Å². The molecule has 1 aromatic rings. The van der Waals surface area contributed by atoms with Crippen molar-refractivity contribution in [1.29, 1.82) is 0 Å². The number of hydrogen-bond acceptors (Lipinski definition) is 4. The molecule has 0 fully saturated rings. The number of carboxylic acids is 1. The zero-order valence-electron chi connectivity index (χ0n) is 12.2. The molecule has 1 rings (SSSR count). The third-order valence-corrected chi connectivity index (χ3v) is 3.51. The fraction of sp³-hybridized carbons (Fsp3) is 0.571. The smallest absolute Gasteiger partial charge is 0.326 e. The van der Waals surface area contributed by atoms with Crippen LogP contribution in [0.2, 0.25) is 0 Å². The molecule has 1 unspecified atom stereocenters. The molecule has 0 aliphatic rings. The highest BCUT2D eigenvalue weighted by Crippen LogP contribution is 2.14. The third kappa shape index (κ3) is 5.30. The Kier molecular flexibility index (Phi) is 5.71. The van der Waals surface area contributed by atoms with Gasteiger partial charge in [0.05, 0.1) is 11.2 Å². The predicted octanol–water partition coefficient (Wildman–Crippen LogP) is 2.44. The Hall–Kier alpha value is -1.40. The summed E-state index contributed by atoms with van der Waals surface area (Å²) in [5, 5.41) is 15.3. The summed E-state index contributed by atoms with van der Waals surface area (Å²) in [6, 6.07) is -0.941. The quantitative estimate of drug-likeness (QED) is 0.846. The van der Waals surface area contributed by atoms with Gasteiger partial charge in [-0.25, -0.2) is 4.79 Å². The molecular formula is C14H21NO4S. The molecular weight excluding hydrogens is 278 g/mol. The Balaban J connectivity index is 2.58. The van der Waals surface area contributed by atoms with Crippen molar-refractivity contribution in [3.63, 3.8) is 0 Å². The number of amides is 1. The molecule has 0 aliphatic heterocycles. The van der Waals surface area contributed by atoms with Gasteiger partial charge in [0.1, 0.15) is 6.04 Å². The summed E-state index contributed by atoms with van der Waals surface area (Å²) >= 11 is 1.42. The van der Waals surface area contributed by atoms with E-state index in [4.69, 9.17) is 9.84 Å². The minimum Gasteiger partial charge on any atom is -0.480 e. The van der Waals surface area contributed by atoms with Crippen LogP contribution in [-0.2, 0) is 9.53 Å². The van der Waals surface area contributed by atoms with Gasteiger partial charge in [0.15, 0.2) is 0 Å². The van der Waals surface area contributed by atoms with Crippen LogP contribution in [-0.4, -0.2) is 35.2 Å². The zero-order chi connectivity index (χ0) is 15.3. The lowest BCUT2D eigenvalue weighted by atomic mass is 10.1. The molecule has 5 nitrogen and oxygen atoms in total. The van der Waals surface area contributed by atoms with Crippen LogP contribution in [0, 0.1) is 6.92 Å². The molecule has 6 heteroatoms. The van der Waals surface area contributed by atoms with Crippen LogP contribution in [0.1, 0.15) is 43.1 Å². The van der Waals surface area contributed by atoms with Crippen molar-refractivity contribution in [3.8, 4) is 0 Å². The van der Waals surface area contributed by atoms with Crippen molar-refractivity contribution >= 4 is 23.2 Å². The van der Waals surface area contributed by atoms with E-state index in [9.17, 15) is 9.59 Å². The monoisotopic (exact) mass is 299 g/mol. The van der Waals surface area contributed by atoms with Crippen LogP contribution in [0.5, 0.6) is 0 Å². The fourth-order valence-electron chi connectivity index (χ4n) is 1.57. The SMILES string of the molecule is Cc1cscc1C(=O)NC(CCOC(C)(C)C)C(=O)O. The number of carbonyl (C=O) groups is 2. The molecule has 20 heavy (non-hydrogen) atoms. The van der Waals surface area contributed by atoms with Crippen LogP contribution >= 0.6 is 11.3 Å². The van der Waals surface area contributed by atoms with E-state index in [0.29, 0.717) is 5.56 Å². The van der Waals surface area contributed by atoms with Crippen LogP contribution in [0.3, 0.4) is 0 Å². The molecule has 1 aromatic heterocycles. The zero-order valence-corrected chi connectivity index (χ0v) is 13.0. The standard InChI is InChI=1S/C14H21NO4S/c1-9-7-20-8-10(9)12(16)15-11(13(17)18)5-6-19-14(2,3)4/h7-8,11H,5-6H2,1-4H3,(H,15,16)(H,17,18). The van der Waals surface area contributed by atoms with E-state index in [1.165, 1.54) is 11.3 Å². The number of hydrogen-bond donors (Lipinski definition) is 2. The minimum atomic E-state index is -1.05. The number of aliphatic carboxylic acids is 1. The van der Waals surface area contributed by atoms with Gasteiger partial charge in [0.2, 0.25) is 0 Å². The fourth-order valence-corrected chi connectivity index (χ4v) is 2.40. The Labute approximate surface area is 123 Å². The van der Waals surface area contributed by atoms with Crippen LogP contribution in [0.25, 0.3) is 0 Å². The number of aryl methyl sites for hydroxylation is 1. The number of nitrogens with one attached hydrogen (secondary N) is 1. The summed E-state index contributed by atoms with van der Waals surface area (Å²) in [7, 11) is 0. The average Bonchev–Trinajstić information content (AvgIpc) is 2.72. The highest BCUT2D eigenvalue weighted by atomic mass is 32.1. The first-order valence-corrected chi connectivity index (χ1v) is 7.35. The lowest BCUT2D eigenvalue weighted by Crippen LogP contribution is -2.42. The van der Waals surface area contributed by atoms with Gasteiger partial charge >= 0.3 is 5.97 Å². The van der Waals surface area contributed by atoms with Gasteiger partial charge in [-0.05, 0) is 38.6 Å². The van der Waals surface area contributed by atoms with Crippen LogP contribution < -0.4 is 5.32 Å². The summed E-state index contributed by atoms with van der Waals surface area (Å²) in [4.78, 5) is 23.2. The first-order valence-electron chi connectivity index (χ1n) is 6.41. The number of carbonyl (C=O) groups excluding carboxylic acids is 1. The highest BCUT2D eigenvalue weighted by molar-refractivity contribution is 7.08. The Morgan fingerprint density at radius 3 is 2.50 bits per heavy atom. The molecule has 1 heterocycles. The van der Waals surface area contributed by atoms with Crippen LogP contribution in [0.15, 0.2) is 10.8 Å². The van der Waals surface area contributed by atoms with Gasteiger partial charge in [-0.15, -0.1) is 0 Å². The largest absolute Gasteiger partial charge is 0.480 e. The molecule has 0 saturated carbocycles. The topological polar surface area (TPSA) is 75.6 Å². The summed E-state index contributed by atoms with van der Waals surface area (Å²) in [5.74, 6) is -1.41. The van der Waals surface area contributed by atoms with E-state index in [1.54, 1.807) is 5.38 Å². The lowest BCUT2D eigenvalue weighted by molar-refractivity contribution is -0.140. The van der Waals surface area contributed by atoms with E-state index < -0.39 is 12.0 Å². The highest BCUT2D eigenvalue weighted by Gasteiger charge is 2.22. The predicted molar refractivity (Wildman–Crippen MR) is 78.3 cm³/mol. The Morgan fingerprint density at radius 1 is 1.40 bits per heavy atom. The maximum Gasteiger partial charge on any atom is 0.326 e. The van der Waals surface area contributed by atoms with E-state index in [0.717, 1.165) is 5.56 Å². The van der Waals surface area contributed by atoms with Crippen molar-refractivity contribution in [3.05, 3.63) is 21.9 Å². The maximum atomic E-state index is 12.0. The molecule has 0 radical (unpaired) electrons. The normalized spacial score (nSPS) is 13.0. The second-order valence-electron chi connectivity index (χ2n) is 5.58. The van der Waals surface area contributed by atoms with E-state index in [1.807, 2.05) is 33.1 Å². The van der Waals surface area contributed by atoms with Gasteiger partial charge < -0.3 is 15.2 Å². The van der Waals surface area contributed by atoms with Crippen molar-refractivity contribution in [2.45, 2.75) is 45.8 Å². The van der Waals surface area contributed by atoms with Crippen molar-refractivity contribution in [2.75, 3.05) is 6.61 Å². The summed E-state index contributed by atoms with van der Waals surface area (Å²) in [6.07, 6.45) is 0.238. The Morgan fingerprint density at radius 2 is 2.05 bits per heavy atom. The van der Waals surface area contributed by atoms with E-state index in [-0.39, 0.29) is 24.5 Å².